The Kier molecular flexibility index (Phi) is 13.9. The molecule has 1 aliphatic heterocycles. The average molecular weight is 783 g/mol. The molecule has 3 fully saturated rings. The Hall–Kier alpha value is -4.97. The molecule has 5 rings (SSSR count). The molecular formula is C37H50N8O9S. The number of sulfonamides is 1. The molecule has 5 amide bonds. The number of nitrogens with one attached hydrogen (secondary N) is 5. The minimum atomic E-state index is -3.80. The highest BCUT2D eigenvalue weighted by Crippen LogP contribution is 2.28. The van der Waals surface area contributed by atoms with Crippen molar-refractivity contribution in [1.29, 1.82) is 0 Å². The van der Waals surface area contributed by atoms with Gasteiger partial charge in [0.15, 0.2) is 0 Å². The summed E-state index contributed by atoms with van der Waals surface area (Å²) in [4.78, 5) is 90.1. The van der Waals surface area contributed by atoms with Gasteiger partial charge in [0.1, 0.15) is 35.7 Å². The minimum absolute atomic E-state index is 0.0381. The number of amides is 5. The van der Waals surface area contributed by atoms with Crippen molar-refractivity contribution in [2.45, 2.75) is 119 Å². The molecule has 1 aromatic carbocycles. The molecule has 5 N–H and O–H groups in total. The van der Waals surface area contributed by atoms with Gasteiger partial charge in [-0.15, -0.1) is 0 Å². The Morgan fingerprint density at radius 2 is 1.73 bits per heavy atom. The summed E-state index contributed by atoms with van der Waals surface area (Å²) < 4.78 is 33.3. The predicted molar refractivity (Wildman–Crippen MR) is 198 cm³/mol. The average Bonchev–Trinajstić information content (AvgIpc) is 3.91. The van der Waals surface area contributed by atoms with Crippen molar-refractivity contribution in [3.63, 3.8) is 0 Å². The maximum absolute atomic E-state index is 14.2. The van der Waals surface area contributed by atoms with Gasteiger partial charge in [-0.25, -0.2) is 18.1 Å². The van der Waals surface area contributed by atoms with Crippen LogP contribution in [0, 0.1) is 5.92 Å². The van der Waals surface area contributed by atoms with E-state index in [0.29, 0.717) is 19.3 Å². The van der Waals surface area contributed by atoms with Crippen LogP contribution in [-0.2, 0) is 34.0 Å². The van der Waals surface area contributed by atoms with Crippen molar-refractivity contribution in [3.05, 3.63) is 48.5 Å². The molecular weight excluding hydrogens is 733 g/mol. The largest absolute Gasteiger partial charge is 0.488 e. The summed E-state index contributed by atoms with van der Waals surface area (Å²) in [5.74, 6) is -4.04. The molecule has 17 nitrogen and oxygen atoms in total. The molecule has 298 valence electrons. The highest BCUT2D eigenvalue weighted by atomic mass is 32.2. The normalized spacial score (nSPS) is 20.4. The van der Waals surface area contributed by atoms with Crippen LogP contribution in [0.2, 0.25) is 0 Å². The van der Waals surface area contributed by atoms with E-state index < -0.39 is 75.6 Å². The molecule has 0 bridgehead atoms. The number of likely N-dealkylation sites (tertiary alicyclic amines) is 1. The van der Waals surface area contributed by atoms with Gasteiger partial charge in [0.05, 0.1) is 23.7 Å². The van der Waals surface area contributed by atoms with Crippen molar-refractivity contribution < 1.29 is 41.9 Å². The number of nitrogens with zero attached hydrogens (tertiary/aromatic N) is 3. The van der Waals surface area contributed by atoms with Crippen molar-refractivity contribution in [3.8, 4) is 5.75 Å². The summed E-state index contributed by atoms with van der Waals surface area (Å²) >= 11 is 0. The standard InChI is InChI=1S/C37H50N8O9S/c1-4-9-28(32(46)36(50)42-24-14-15-24)43-34(48)30-19-26(54-25-12-8-13-27(18-25)55(52,53)38-3)21-45(30)37(51)22(2)41-35(49)31(23-10-6-5-7-11-23)44-33(47)29-20-39-16-17-40-29/h8,12-13,16-18,20,22-24,26,28,30-31,38H,4-7,9-11,14-15,19,21H2,1-3H3,(H,41,49)(H,42,50)(H,43,48)(H,44,47)/t22-,26+,28-,30-,31-/m0/s1. The first kappa shape index (κ1) is 41.2. The zero-order valence-corrected chi connectivity index (χ0v) is 32.1. The number of hydrogen-bond acceptors (Lipinski definition) is 11. The van der Waals surface area contributed by atoms with E-state index in [0.717, 1.165) is 32.1 Å². The van der Waals surface area contributed by atoms with Crippen molar-refractivity contribution >= 4 is 45.3 Å². The zero-order chi connectivity index (χ0) is 39.7. The molecule has 2 heterocycles. The lowest BCUT2D eigenvalue weighted by Gasteiger charge is -2.32. The Bertz CT molecular complexity index is 1840. The lowest BCUT2D eigenvalue weighted by Crippen LogP contribution is -2.58. The second-order valence-corrected chi connectivity index (χ2v) is 16.2. The van der Waals surface area contributed by atoms with E-state index in [1.165, 1.54) is 55.7 Å². The molecule has 0 unspecified atom stereocenters. The summed E-state index contributed by atoms with van der Waals surface area (Å²) in [5.41, 5.74) is 0.0381. The van der Waals surface area contributed by atoms with Crippen LogP contribution in [0.4, 0.5) is 0 Å². The maximum Gasteiger partial charge on any atom is 0.289 e. The molecule has 2 aliphatic carbocycles. The van der Waals surface area contributed by atoms with Gasteiger partial charge < -0.3 is 30.9 Å². The van der Waals surface area contributed by atoms with Crippen LogP contribution >= 0.6 is 0 Å². The Morgan fingerprint density at radius 1 is 0.982 bits per heavy atom. The third-order valence-corrected chi connectivity index (χ3v) is 11.5. The van der Waals surface area contributed by atoms with Crippen molar-refractivity contribution in [1.82, 2.24) is 40.9 Å². The Morgan fingerprint density at radius 3 is 2.38 bits per heavy atom. The summed E-state index contributed by atoms with van der Waals surface area (Å²) in [6.45, 7) is 3.16. The second kappa shape index (κ2) is 18.6. The number of hydrogen-bond donors (Lipinski definition) is 5. The van der Waals surface area contributed by atoms with Crippen LogP contribution in [0.25, 0.3) is 0 Å². The van der Waals surface area contributed by atoms with E-state index in [4.69, 9.17) is 4.74 Å². The predicted octanol–water partition coefficient (Wildman–Crippen LogP) is 0.749. The molecule has 3 aliphatic rings. The fraction of sp³-hybridized carbons (Fsp3) is 0.568. The lowest BCUT2D eigenvalue weighted by molar-refractivity contribution is -0.143. The van der Waals surface area contributed by atoms with Gasteiger partial charge in [-0.05, 0) is 64.1 Å². The summed E-state index contributed by atoms with van der Waals surface area (Å²) in [6.07, 6.45) is 9.63. The highest BCUT2D eigenvalue weighted by molar-refractivity contribution is 7.89. The van der Waals surface area contributed by atoms with Gasteiger partial charge in [0, 0.05) is 30.9 Å². The lowest BCUT2D eigenvalue weighted by atomic mass is 9.83. The molecule has 18 heteroatoms. The zero-order valence-electron chi connectivity index (χ0n) is 31.3. The quantitative estimate of drug-likeness (QED) is 0.141. The van der Waals surface area contributed by atoms with Crippen LogP contribution in [0.1, 0.15) is 88.5 Å². The number of Topliss-reactive ketones (excluding diaryl/α,β-unsaturated/α-hetero) is 1. The summed E-state index contributed by atoms with van der Waals surface area (Å²) in [5, 5.41) is 10.9. The van der Waals surface area contributed by atoms with Gasteiger partial charge in [-0.1, -0.05) is 38.7 Å². The van der Waals surface area contributed by atoms with E-state index in [2.05, 4.69) is 36.0 Å². The number of carbonyl (C=O) groups excluding carboxylic acids is 6. The molecule has 1 aromatic heterocycles. The van der Waals surface area contributed by atoms with E-state index in [1.807, 2.05) is 6.92 Å². The molecule has 0 spiro atoms. The summed E-state index contributed by atoms with van der Waals surface area (Å²) in [7, 11) is -2.52. The van der Waals surface area contributed by atoms with Gasteiger partial charge in [0.25, 0.3) is 11.8 Å². The van der Waals surface area contributed by atoms with E-state index in [9.17, 15) is 37.2 Å². The number of rotatable bonds is 17. The molecule has 2 aromatic rings. The monoisotopic (exact) mass is 782 g/mol. The van der Waals surface area contributed by atoms with E-state index >= 15 is 0 Å². The SMILES string of the molecule is CCC[C@H](NC(=O)[C@@H]1C[C@@H](Oc2cccc(S(=O)(=O)NC)c2)CN1C(=O)[C@H](C)NC(=O)[C@@H](NC(=O)c1cnccn1)C1CCCCC1)C(=O)C(=O)NC1CC1. The number of ketones is 1. The minimum Gasteiger partial charge on any atom is -0.488 e. The third-order valence-electron chi connectivity index (χ3n) is 10.1. The van der Waals surface area contributed by atoms with Gasteiger partial charge >= 0.3 is 0 Å². The molecule has 5 atom stereocenters. The fourth-order valence-corrected chi connectivity index (χ4v) is 7.74. The number of ether oxygens (including phenoxy) is 1. The van der Waals surface area contributed by atoms with E-state index in [-0.39, 0.29) is 47.7 Å². The maximum atomic E-state index is 14.2. The molecule has 0 radical (unpaired) electrons. The first-order valence-electron chi connectivity index (χ1n) is 18.8. The van der Waals surface area contributed by atoms with Gasteiger partial charge in [-0.2, -0.15) is 0 Å². The molecule has 1 saturated heterocycles. The Balaban J connectivity index is 1.35. The second-order valence-electron chi connectivity index (χ2n) is 14.3. The van der Waals surface area contributed by atoms with Crippen LogP contribution in [-0.4, -0.2) is 109 Å². The van der Waals surface area contributed by atoms with Gasteiger partial charge in [0.2, 0.25) is 33.5 Å². The first-order chi connectivity index (χ1) is 26.3. The van der Waals surface area contributed by atoms with Crippen LogP contribution in [0.3, 0.4) is 0 Å². The fourth-order valence-electron chi connectivity index (χ4n) is 6.98. The summed E-state index contributed by atoms with van der Waals surface area (Å²) in [6, 6.07) is 1.25. The molecule has 2 saturated carbocycles. The highest BCUT2D eigenvalue weighted by Gasteiger charge is 2.44. The van der Waals surface area contributed by atoms with Crippen LogP contribution in [0.5, 0.6) is 5.75 Å². The van der Waals surface area contributed by atoms with Crippen molar-refractivity contribution in [2.75, 3.05) is 13.6 Å². The number of benzene rings is 1. The van der Waals surface area contributed by atoms with Crippen LogP contribution in [0.15, 0.2) is 47.8 Å². The third kappa shape index (κ3) is 10.8. The number of aromatic nitrogens is 2. The van der Waals surface area contributed by atoms with Gasteiger partial charge in [-0.3, -0.25) is 33.8 Å². The van der Waals surface area contributed by atoms with E-state index in [1.54, 1.807) is 6.07 Å². The smallest absolute Gasteiger partial charge is 0.289 e. The molecule has 55 heavy (non-hydrogen) atoms. The van der Waals surface area contributed by atoms with Crippen LogP contribution < -0.4 is 30.7 Å². The van der Waals surface area contributed by atoms with Crippen molar-refractivity contribution in [2.24, 2.45) is 5.92 Å². The number of carbonyl (C=O) groups is 6. The Labute approximate surface area is 320 Å². The first-order valence-corrected chi connectivity index (χ1v) is 20.3. The topological polar surface area (TPSA) is 235 Å².